The fourth-order valence-electron chi connectivity index (χ4n) is 1.65. The molecule has 1 aliphatic heterocycles. The summed E-state index contributed by atoms with van der Waals surface area (Å²) in [7, 11) is -4.71. The Labute approximate surface area is 114 Å². The second-order valence-corrected chi connectivity index (χ2v) is 6.02. The molecule has 0 radical (unpaired) electrons. The number of hydrogen-bond donors (Lipinski definition) is 3. The number of thioether (sulfide) groups is 1. The van der Waals surface area contributed by atoms with E-state index in [0.29, 0.717) is 10.5 Å². The van der Waals surface area contributed by atoms with E-state index >= 15 is 0 Å². The molecule has 1 aliphatic rings. The van der Waals surface area contributed by atoms with Crippen LogP contribution in [-0.4, -0.2) is 42.5 Å². The summed E-state index contributed by atoms with van der Waals surface area (Å²) in [6, 6.07) is 1.44. The van der Waals surface area contributed by atoms with Crippen LogP contribution >= 0.6 is 11.8 Å². The maximum absolute atomic E-state index is 10.7. The third-order valence-corrected chi connectivity index (χ3v) is 3.73. The molecule has 1 aromatic rings. The van der Waals surface area contributed by atoms with Crippen molar-refractivity contribution in [3.05, 3.63) is 6.07 Å². The number of nitrogen functional groups attached to an aromatic ring is 2. The Hall–Kier alpha value is -1.46. The minimum Gasteiger partial charge on any atom is -0.345 e. The van der Waals surface area contributed by atoms with Crippen LogP contribution in [0.25, 0.3) is 0 Å². The molecule has 0 aromatic carbocycles. The first-order chi connectivity index (χ1) is 8.87. The smallest absolute Gasteiger partial charge is 0.345 e. The molecule has 2 heterocycles. The predicted octanol–water partition coefficient (Wildman–Crippen LogP) is -1.68. The van der Waals surface area contributed by atoms with Crippen molar-refractivity contribution in [3.8, 4) is 0 Å². The summed E-state index contributed by atoms with van der Waals surface area (Å²) in [6.07, 6.45) is 0. The zero-order valence-corrected chi connectivity index (χ0v) is 11.5. The van der Waals surface area contributed by atoms with Crippen molar-refractivity contribution in [2.24, 2.45) is 0 Å². The van der Waals surface area contributed by atoms with Gasteiger partial charge in [0.05, 0.1) is 6.07 Å². The van der Waals surface area contributed by atoms with Crippen LogP contribution in [0.1, 0.15) is 0 Å². The van der Waals surface area contributed by atoms with Gasteiger partial charge in [-0.1, -0.05) is 4.98 Å². The topological polar surface area (TPSA) is 136 Å². The second-order valence-electron chi connectivity index (χ2n) is 3.79. The van der Waals surface area contributed by atoms with E-state index in [-0.39, 0.29) is 11.8 Å². The fraction of sp³-hybridized carbons (Fsp3) is 0.500. The molecule has 1 fully saturated rings. The average molecular weight is 308 g/mol. The first-order valence-corrected chi connectivity index (χ1v) is 7.87. The Kier molecular flexibility index (Phi) is 3.87. The lowest BCUT2D eigenvalue weighted by Crippen LogP contribution is -2.51. The normalized spacial score (nSPS) is 16.4. The number of aromatic nitrogens is 2. The van der Waals surface area contributed by atoms with E-state index in [0.717, 1.165) is 24.6 Å². The van der Waals surface area contributed by atoms with E-state index in [4.69, 9.17) is 16.0 Å². The zero-order valence-electron chi connectivity index (χ0n) is 9.89. The fourth-order valence-corrected chi connectivity index (χ4v) is 2.90. The van der Waals surface area contributed by atoms with Crippen molar-refractivity contribution in [2.75, 3.05) is 41.0 Å². The summed E-state index contributed by atoms with van der Waals surface area (Å²) < 4.78 is 34.7. The van der Waals surface area contributed by atoms with Crippen LogP contribution in [0, 0.1) is 0 Å². The summed E-state index contributed by atoms with van der Waals surface area (Å²) in [5, 5.41) is 0. The predicted molar refractivity (Wildman–Crippen MR) is 70.9 cm³/mol. The Bertz CT molecular complexity index is 549. The largest absolute Gasteiger partial charge is 0.474 e. The molecule has 19 heavy (non-hydrogen) atoms. The van der Waals surface area contributed by atoms with Gasteiger partial charge in [-0.05, 0) is 4.73 Å². The van der Waals surface area contributed by atoms with E-state index in [9.17, 15) is 8.42 Å². The van der Waals surface area contributed by atoms with Crippen molar-refractivity contribution < 1.29 is 22.0 Å². The van der Waals surface area contributed by atoms with Crippen LogP contribution < -0.4 is 25.4 Å². The second kappa shape index (κ2) is 5.27. The van der Waals surface area contributed by atoms with Crippen molar-refractivity contribution in [3.63, 3.8) is 0 Å². The van der Waals surface area contributed by atoms with Gasteiger partial charge in [0, 0.05) is 24.6 Å². The van der Waals surface area contributed by atoms with Gasteiger partial charge in [-0.2, -0.15) is 20.2 Å². The molecule has 2 rings (SSSR count). The summed E-state index contributed by atoms with van der Waals surface area (Å²) in [4.78, 5) is 6.01. The number of anilines is 3. The molecule has 0 spiro atoms. The van der Waals surface area contributed by atoms with E-state index in [2.05, 4.69) is 9.27 Å². The van der Waals surface area contributed by atoms with Crippen LogP contribution in [0.2, 0.25) is 0 Å². The quantitative estimate of drug-likeness (QED) is 0.441. The third kappa shape index (κ3) is 3.52. The lowest BCUT2D eigenvalue weighted by Gasteiger charge is -2.26. The molecule has 5 N–H and O–H groups in total. The molecule has 0 atom stereocenters. The molecule has 0 saturated carbocycles. The minimum absolute atomic E-state index is 0.0710. The zero-order chi connectivity index (χ0) is 14.0. The molecule has 1 saturated heterocycles. The van der Waals surface area contributed by atoms with Crippen molar-refractivity contribution in [2.45, 2.75) is 0 Å². The van der Waals surface area contributed by atoms with E-state index in [1.165, 1.54) is 6.07 Å². The third-order valence-electron chi connectivity index (χ3n) is 2.45. The molecule has 0 amide bonds. The van der Waals surface area contributed by atoms with Crippen LogP contribution in [0.4, 0.5) is 17.6 Å². The van der Waals surface area contributed by atoms with E-state index in [1.807, 2.05) is 16.7 Å². The molecular weight excluding hydrogens is 294 g/mol. The van der Waals surface area contributed by atoms with Gasteiger partial charge >= 0.3 is 16.3 Å². The number of hydrogen-bond acceptors (Lipinski definition) is 8. The highest BCUT2D eigenvalue weighted by Crippen LogP contribution is 2.18. The molecule has 0 unspecified atom stereocenters. The first-order valence-electron chi connectivity index (χ1n) is 5.35. The van der Waals surface area contributed by atoms with Gasteiger partial charge in [0.2, 0.25) is 5.82 Å². The van der Waals surface area contributed by atoms with Gasteiger partial charge in [0.15, 0.2) is 5.82 Å². The summed E-state index contributed by atoms with van der Waals surface area (Å²) in [5.41, 5.74) is 11.2. The van der Waals surface area contributed by atoms with Gasteiger partial charge in [-0.3, -0.25) is 4.55 Å². The lowest BCUT2D eigenvalue weighted by atomic mass is 10.4. The van der Waals surface area contributed by atoms with Crippen LogP contribution in [0.15, 0.2) is 6.07 Å². The summed E-state index contributed by atoms with van der Waals surface area (Å²) in [5.74, 6) is 2.16. The number of rotatable bonds is 3. The van der Waals surface area contributed by atoms with E-state index in [1.54, 1.807) is 0 Å². The molecule has 9 nitrogen and oxygen atoms in total. The molecule has 0 bridgehead atoms. The SMILES string of the molecule is Nc1cc(N2CCSCC2)nc(N)[n+]1OS(=O)(=O)O. The lowest BCUT2D eigenvalue weighted by molar-refractivity contribution is -0.835. The maximum Gasteiger partial charge on any atom is 0.474 e. The highest BCUT2D eigenvalue weighted by molar-refractivity contribution is 7.99. The number of nitrogens with two attached hydrogens (primary N) is 2. The molecule has 0 aliphatic carbocycles. The summed E-state index contributed by atoms with van der Waals surface area (Å²) in [6.45, 7) is 1.61. The average Bonchev–Trinajstić information content (AvgIpc) is 2.33. The van der Waals surface area contributed by atoms with Crippen LogP contribution in [-0.2, 0) is 10.4 Å². The Morgan fingerprint density at radius 3 is 2.58 bits per heavy atom. The highest BCUT2D eigenvalue weighted by Gasteiger charge is 2.23. The van der Waals surface area contributed by atoms with Gasteiger partial charge in [-0.25, -0.2) is 4.28 Å². The maximum atomic E-state index is 10.7. The number of nitrogens with zero attached hydrogens (tertiary/aromatic N) is 3. The van der Waals surface area contributed by atoms with Crippen molar-refractivity contribution >= 4 is 39.7 Å². The molecule has 1 aromatic heterocycles. The van der Waals surface area contributed by atoms with Gasteiger partial charge < -0.3 is 16.4 Å². The summed E-state index contributed by atoms with van der Waals surface area (Å²) >= 11 is 1.84. The minimum atomic E-state index is -4.71. The van der Waals surface area contributed by atoms with Crippen LogP contribution in [0.5, 0.6) is 0 Å². The molecule has 106 valence electrons. The Balaban J connectivity index is 2.30. The molecule has 11 heteroatoms. The standard InChI is InChI=1S/C8H13N5O4S2/c9-6-5-7(12-1-3-18-4-2-12)11-8(10)13(6)17-19(14,15)16/h5H,1-4H2,(H4,9,10,11,14,15,16)/p+1. The Morgan fingerprint density at radius 2 is 2.05 bits per heavy atom. The molecular formula is C8H14N5O4S2+. The van der Waals surface area contributed by atoms with E-state index < -0.39 is 10.4 Å². The Morgan fingerprint density at radius 1 is 1.42 bits per heavy atom. The van der Waals surface area contributed by atoms with Crippen molar-refractivity contribution in [1.29, 1.82) is 0 Å². The van der Waals surface area contributed by atoms with Gasteiger partial charge in [0.1, 0.15) is 0 Å². The van der Waals surface area contributed by atoms with Gasteiger partial charge in [-0.15, -0.1) is 0 Å². The van der Waals surface area contributed by atoms with Gasteiger partial charge in [0.25, 0.3) is 0 Å². The monoisotopic (exact) mass is 308 g/mol. The van der Waals surface area contributed by atoms with Crippen LogP contribution in [0.3, 0.4) is 0 Å². The first kappa shape index (κ1) is 14.0. The highest BCUT2D eigenvalue weighted by atomic mass is 32.3. The van der Waals surface area contributed by atoms with Crippen molar-refractivity contribution in [1.82, 2.24) is 4.98 Å².